The number of para-hydroxylation sites is 1. The lowest BCUT2D eigenvalue weighted by Gasteiger charge is -2.12. The van der Waals surface area contributed by atoms with Crippen LogP contribution in [0.3, 0.4) is 0 Å². The molecule has 2 heterocycles. The number of carbonyl (C=O) groups is 1. The number of anilines is 1. The van der Waals surface area contributed by atoms with Crippen molar-refractivity contribution in [3.8, 4) is 17.2 Å². The van der Waals surface area contributed by atoms with Crippen LogP contribution in [0.5, 0.6) is 17.2 Å². The second kappa shape index (κ2) is 13.9. The Kier molecular flexibility index (Phi) is 9.54. The Bertz CT molecular complexity index is 1670. The third-order valence-corrected chi connectivity index (χ3v) is 7.36. The van der Waals surface area contributed by atoms with Crippen molar-refractivity contribution < 1.29 is 18.7 Å². The Balaban J connectivity index is 0.997. The van der Waals surface area contributed by atoms with Crippen molar-refractivity contribution in [3.05, 3.63) is 90.5 Å². The van der Waals surface area contributed by atoms with E-state index in [1.165, 1.54) is 22.5 Å². The minimum Gasteiger partial charge on any atom is -0.494 e. The average Bonchev–Trinajstić information content (AvgIpc) is 3.32. The largest absolute Gasteiger partial charge is 0.494 e. The standard InChI is InChI=1S/C34H37FN4O3/c1-36-25-13-16-33(29(35)21-25)42-32-17-19-37-30-22-26(14-15-28(30)32)41-20-7-3-6-18-38-34(40)12-8-9-24-23-39(2)31-11-5-4-10-27(24)31/h4-5,10-11,13-17,19,21-23,36H,3,6-9,12,18,20H2,1-2H3,(H,38,40). The minimum atomic E-state index is -0.441. The van der Waals surface area contributed by atoms with Crippen LogP contribution < -0.4 is 20.1 Å². The van der Waals surface area contributed by atoms with Crippen molar-refractivity contribution in [1.82, 2.24) is 14.9 Å². The summed E-state index contributed by atoms with van der Waals surface area (Å²) >= 11 is 0. The number of rotatable bonds is 14. The van der Waals surface area contributed by atoms with Crippen LogP contribution in [0.25, 0.3) is 21.8 Å². The van der Waals surface area contributed by atoms with E-state index in [2.05, 4.69) is 57.7 Å². The van der Waals surface area contributed by atoms with Gasteiger partial charge in [0.15, 0.2) is 11.6 Å². The molecule has 42 heavy (non-hydrogen) atoms. The van der Waals surface area contributed by atoms with Gasteiger partial charge in [-0.1, -0.05) is 18.2 Å². The Labute approximate surface area is 245 Å². The van der Waals surface area contributed by atoms with E-state index in [1.807, 2.05) is 18.2 Å². The maximum Gasteiger partial charge on any atom is 0.220 e. The minimum absolute atomic E-state index is 0.108. The molecule has 1 amide bonds. The maximum atomic E-state index is 14.4. The van der Waals surface area contributed by atoms with Crippen molar-refractivity contribution in [1.29, 1.82) is 0 Å². The van der Waals surface area contributed by atoms with Crippen LogP contribution in [-0.4, -0.2) is 35.7 Å². The van der Waals surface area contributed by atoms with Crippen LogP contribution in [0.4, 0.5) is 10.1 Å². The highest BCUT2D eigenvalue weighted by atomic mass is 19.1. The zero-order valence-electron chi connectivity index (χ0n) is 24.2. The van der Waals surface area contributed by atoms with E-state index in [-0.39, 0.29) is 11.7 Å². The van der Waals surface area contributed by atoms with Gasteiger partial charge in [0.2, 0.25) is 5.91 Å². The first-order valence-corrected chi connectivity index (χ1v) is 14.5. The number of carbonyl (C=O) groups excluding carboxylic acids is 1. The lowest BCUT2D eigenvalue weighted by Crippen LogP contribution is -2.24. The normalized spacial score (nSPS) is 11.1. The van der Waals surface area contributed by atoms with E-state index >= 15 is 0 Å². The fourth-order valence-electron chi connectivity index (χ4n) is 5.11. The summed E-state index contributed by atoms with van der Waals surface area (Å²) in [5, 5.41) is 7.99. The first-order valence-electron chi connectivity index (χ1n) is 14.5. The van der Waals surface area contributed by atoms with Gasteiger partial charge in [-0.15, -0.1) is 0 Å². The van der Waals surface area contributed by atoms with Gasteiger partial charge in [-0.25, -0.2) is 4.39 Å². The summed E-state index contributed by atoms with van der Waals surface area (Å²) in [5.74, 6) is 1.06. The third kappa shape index (κ3) is 7.18. The number of nitrogens with zero attached hydrogens (tertiary/aromatic N) is 2. The first kappa shape index (κ1) is 28.9. The summed E-state index contributed by atoms with van der Waals surface area (Å²) in [6.07, 6.45) is 8.82. The summed E-state index contributed by atoms with van der Waals surface area (Å²) < 4.78 is 28.3. The van der Waals surface area contributed by atoms with Gasteiger partial charge in [-0.2, -0.15) is 0 Å². The summed E-state index contributed by atoms with van der Waals surface area (Å²) in [6.45, 7) is 1.25. The van der Waals surface area contributed by atoms with Crippen molar-refractivity contribution >= 4 is 33.4 Å². The highest BCUT2D eigenvalue weighted by Crippen LogP contribution is 2.33. The lowest BCUT2D eigenvalue weighted by molar-refractivity contribution is -0.121. The number of ether oxygens (including phenoxy) is 2. The van der Waals surface area contributed by atoms with Gasteiger partial charge < -0.3 is 24.7 Å². The van der Waals surface area contributed by atoms with E-state index < -0.39 is 5.82 Å². The number of fused-ring (bicyclic) bond motifs is 2. The maximum absolute atomic E-state index is 14.4. The highest BCUT2D eigenvalue weighted by Gasteiger charge is 2.11. The van der Waals surface area contributed by atoms with E-state index in [0.717, 1.165) is 43.2 Å². The van der Waals surface area contributed by atoms with Gasteiger partial charge in [0, 0.05) is 73.6 Å². The summed E-state index contributed by atoms with van der Waals surface area (Å²) in [6, 6.07) is 20.5. The molecule has 5 aromatic rings. The SMILES string of the molecule is CNc1ccc(Oc2ccnc3cc(OCCCCCNC(=O)CCCc4cn(C)c5ccccc45)ccc23)c(F)c1. The molecular weight excluding hydrogens is 531 g/mol. The number of unbranched alkanes of at least 4 members (excludes halogenated alkanes) is 2. The predicted molar refractivity (Wildman–Crippen MR) is 166 cm³/mol. The fraction of sp³-hybridized carbons (Fsp3) is 0.294. The van der Waals surface area contributed by atoms with Crippen molar-refractivity contribution in [2.24, 2.45) is 7.05 Å². The second-order valence-corrected chi connectivity index (χ2v) is 10.4. The van der Waals surface area contributed by atoms with Crippen LogP contribution in [0.1, 0.15) is 37.7 Å². The molecule has 2 aromatic heterocycles. The zero-order valence-corrected chi connectivity index (χ0v) is 24.2. The van der Waals surface area contributed by atoms with Crippen LogP contribution >= 0.6 is 0 Å². The number of hydrogen-bond acceptors (Lipinski definition) is 5. The predicted octanol–water partition coefficient (Wildman–Crippen LogP) is 7.39. The quantitative estimate of drug-likeness (QED) is 0.137. The molecule has 7 nitrogen and oxygen atoms in total. The molecular formula is C34H37FN4O3. The van der Waals surface area contributed by atoms with E-state index in [1.54, 1.807) is 31.4 Å². The van der Waals surface area contributed by atoms with Gasteiger partial charge >= 0.3 is 0 Å². The zero-order chi connectivity index (χ0) is 29.3. The van der Waals surface area contributed by atoms with Gasteiger partial charge in [0.05, 0.1) is 12.1 Å². The van der Waals surface area contributed by atoms with E-state index in [9.17, 15) is 9.18 Å². The molecule has 0 fully saturated rings. The monoisotopic (exact) mass is 568 g/mol. The summed E-state index contributed by atoms with van der Waals surface area (Å²) in [5.41, 5.74) is 3.90. The van der Waals surface area contributed by atoms with Crippen LogP contribution in [0, 0.1) is 5.82 Å². The van der Waals surface area contributed by atoms with Crippen LogP contribution in [0.2, 0.25) is 0 Å². The molecule has 0 radical (unpaired) electrons. The summed E-state index contributed by atoms with van der Waals surface area (Å²) in [7, 11) is 3.80. The van der Waals surface area contributed by atoms with Gasteiger partial charge in [-0.3, -0.25) is 9.78 Å². The molecule has 0 spiro atoms. The molecule has 0 saturated heterocycles. The van der Waals surface area contributed by atoms with Crippen molar-refractivity contribution in [2.75, 3.05) is 25.5 Å². The van der Waals surface area contributed by atoms with E-state index in [4.69, 9.17) is 9.47 Å². The van der Waals surface area contributed by atoms with Crippen LogP contribution in [0.15, 0.2) is 79.1 Å². The van der Waals surface area contributed by atoms with Crippen LogP contribution in [-0.2, 0) is 18.3 Å². The third-order valence-electron chi connectivity index (χ3n) is 7.36. The van der Waals surface area contributed by atoms with Crippen molar-refractivity contribution in [3.63, 3.8) is 0 Å². The number of pyridine rings is 1. The molecule has 0 saturated carbocycles. The van der Waals surface area contributed by atoms with Gasteiger partial charge in [0.1, 0.15) is 11.5 Å². The fourth-order valence-corrected chi connectivity index (χ4v) is 5.11. The molecule has 2 N–H and O–H groups in total. The number of aromatic nitrogens is 2. The number of amides is 1. The molecule has 0 aliphatic carbocycles. The lowest BCUT2D eigenvalue weighted by atomic mass is 10.1. The molecule has 3 aromatic carbocycles. The second-order valence-electron chi connectivity index (χ2n) is 10.4. The number of hydrogen-bond donors (Lipinski definition) is 2. The molecule has 5 rings (SSSR count). The molecule has 0 bridgehead atoms. The van der Waals surface area contributed by atoms with Gasteiger partial charge in [-0.05, 0) is 74.1 Å². The summed E-state index contributed by atoms with van der Waals surface area (Å²) in [4.78, 5) is 16.7. The van der Waals surface area contributed by atoms with Crippen molar-refractivity contribution in [2.45, 2.75) is 38.5 Å². The number of nitrogens with one attached hydrogen (secondary N) is 2. The average molecular weight is 569 g/mol. The topological polar surface area (TPSA) is 77.4 Å². The smallest absolute Gasteiger partial charge is 0.220 e. The molecule has 0 unspecified atom stereocenters. The number of aryl methyl sites for hydroxylation is 2. The Morgan fingerprint density at radius 2 is 1.83 bits per heavy atom. The molecule has 0 atom stereocenters. The molecule has 0 aliphatic heterocycles. The number of benzene rings is 3. The Hall–Kier alpha value is -4.59. The van der Waals surface area contributed by atoms with E-state index in [0.29, 0.717) is 36.5 Å². The number of halogens is 1. The highest BCUT2D eigenvalue weighted by molar-refractivity contribution is 5.86. The molecule has 8 heteroatoms. The Morgan fingerprint density at radius 3 is 2.69 bits per heavy atom. The Morgan fingerprint density at radius 1 is 0.952 bits per heavy atom. The first-order chi connectivity index (χ1) is 20.5. The van der Waals surface area contributed by atoms with Gasteiger partial charge in [0.25, 0.3) is 0 Å². The molecule has 218 valence electrons. The molecule has 0 aliphatic rings.